The molecule has 0 saturated heterocycles. The monoisotopic (exact) mass is 508 g/mol. The van der Waals surface area contributed by atoms with E-state index in [9.17, 15) is 9.59 Å². The first-order valence-corrected chi connectivity index (χ1v) is 13.3. The first-order valence-electron chi connectivity index (χ1n) is 11.7. The van der Waals surface area contributed by atoms with Crippen molar-refractivity contribution in [1.82, 2.24) is 10.2 Å². The van der Waals surface area contributed by atoms with E-state index in [1.54, 1.807) is 16.7 Å². The average Bonchev–Trinajstić information content (AvgIpc) is 2.82. The topological polar surface area (TPSA) is 49.4 Å². The maximum absolute atomic E-state index is 13.6. The molecular formula is C29H33ClN2O2S. The molecule has 0 unspecified atom stereocenters. The maximum Gasteiger partial charge on any atom is 0.243 e. The lowest BCUT2D eigenvalue weighted by atomic mass is 10.0. The van der Waals surface area contributed by atoms with Crippen molar-refractivity contribution < 1.29 is 9.59 Å². The van der Waals surface area contributed by atoms with Crippen molar-refractivity contribution in [3.8, 4) is 0 Å². The highest BCUT2D eigenvalue weighted by Gasteiger charge is 2.32. The maximum atomic E-state index is 13.6. The standard InChI is InChI=1S/C29H33ClN2O2S/c1-29(2,3)31-28(34)26(18-22-10-6-4-7-11-22)32(19-23-14-16-25(30)17-15-23)27(33)21-35-20-24-12-8-5-9-13-24/h4-17,26H,18-21H2,1-3H3,(H,31,34)/t26-/m1/s1. The van der Waals surface area contributed by atoms with Crippen molar-refractivity contribution in [3.05, 3.63) is 107 Å². The Hall–Kier alpha value is -2.76. The van der Waals surface area contributed by atoms with Crippen LogP contribution in [0.15, 0.2) is 84.9 Å². The summed E-state index contributed by atoms with van der Waals surface area (Å²) in [6.45, 7) is 6.18. The Balaban J connectivity index is 1.86. The van der Waals surface area contributed by atoms with E-state index in [4.69, 9.17) is 11.6 Å². The lowest BCUT2D eigenvalue weighted by molar-refractivity contribution is -0.140. The fourth-order valence-corrected chi connectivity index (χ4v) is 4.70. The number of nitrogens with one attached hydrogen (secondary N) is 1. The van der Waals surface area contributed by atoms with Crippen LogP contribution in [0.2, 0.25) is 5.02 Å². The second-order valence-corrected chi connectivity index (χ2v) is 11.0. The number of carbonyl (C=O) groups is 2. The van der Waals surface area contributed by atoms with E-state index < -0.39 is 11.6 Å². The third kappa shape index (κ3) is 9.08. The minimum absolute atomic E-state index is 0.0640. The number of carbonyl (C=O) groups excluding carboxylic acids is 2. The highest BCUT2D eigenvalue weighted by atomic mass is 35.5. The summed E-state index contributed by atoms with van der Waals surface area (Å²) in [5, 5.41) is 3.73. The molecule has 0 aromatic heterocycles. The van der Waals surface area contributed by atoms with Gasteiger partial charge < -0.3 is 10.2 Å². The molecular weight excluding hydrogens is 476 g/mol. The first-order chi connectivity index (χ1) is 16.7. The second kappa shape index (κ2) is 12.8. The van der Waals surface area contributed by atoms with Gasteiger partial charge in [0.1, 0.15) is 6.04 Å². The number of rotatable bonds is 10. The van der Waals surface area contributed by atoms with Gasteiger partial charge in [-0.15, -0.1) is 11.8 Å². The molecule has 6 heteroatoms. The van der Waals surface area contributed by atoms with E-state index in [1.165, 1.54) is 5.56 Å². The lowest BCUT2D eigenvalue weighted by Crippen LogP contribution is -2.54. The summed E-state index contributed by atoms with van der Waals surface area (Å²) in [4.78, 5) is 28.8. The van der Waals surface area contributed by atoms with Crippen LogP contribution in [0.25, 0.3) is 0 Å². The minimum Gasteiger partial charge on any atom is -0.350 e. The molecule has 0 aliphatic carbocycles. The van der Waals surface area contributed by atoms with E-state index in [2.05, 4.69) is 17.4 Å². The molecule has 0 spiro atoms. The largest absolute Gasteiger partial charge is 0.350 e. The van der Waals surface area contributed by atoms with Crippen LogP contribution in [-0.2, 0) is 28.3 Å². The average molecular weight is 509 g/mol. The van der Waals surface area contributed by atoms with E-state index in [0.717, 1.165) is 16.9 Å². The molecule has 4 nitrogen and oxygen atoms in total. The second-order valence-electron chi connectivity index (χ2n) is 9.57. The van der Waals surface area contributed by atoms with Gasteiger partial charge in [0, 0.05) is 29.3 Å². The van der Waals surface area contributed by atoms with Crippen molar-refractivity contribution >= 4 is 35.2 Å². The molecule has 0 saturated carbocycles. The van der Waals surface area contributed by atoms with Crippen LogP contribution in [0, 0.1) is 0 Å². The van der Waals surface area contributed by atoms with Gasteiger partial charge in [-0.05, 0) is 49.6 Å². The quantitative estimate of drug-likeness (QED) is 0.358. The van der Waals surface area contributed by atoms with Crippen LogP contribution in [-0.4, -0.2) is 34.0 Å². The molecule has 1 atom stereocenters. The van der Waals surface area contributed by atoms with Crippen molar-refractivity contribution in [1.29, 1.82) is 0 Å². The molecule has 2 amide bonds. The van der Waals surface area contributed by atoms with E-state index in [-0.39, 0.29) is 17.6 Å². The molecule has 184 valence electrons. The zero-order valence-corrected chi connectivity index (χ0v) is 22.1. The molecule has 0 aliphatic heterocycles. The van der Waals surface area contributed by atoms with Gasteiger partial charge in [0.15, 0.2) is 0 Å². The molecule has 3 aromatic rings. The predicted octanol–water partition coefficient (Wildman–Crippen LogP) is 6.13. The number of nitrogens with zero attached hydrogens (tertiary/aromatic N) is 1. The Bertz CT molecular complexity index is 1080. The Morgan fingerprint density at radius 3 is 2.00 bits per heavy atom. The van der Waals surface area contributed by atoms with Gasteiger partial charge in [-0.2, -0.15) is 0 Å². The summed E-state index contributed by atoms with van der Waals surface area (Å²) < 4.78 is 0. The molecule has 0 aliphatic rings. The fraction of sp³-hybridized carbons (Fsp3) is 0.310. The number of halogens is 1. The van der Waals surface area contributed by atoms with Gasteiger partial charge in [0.05, 0.1) is 5.75 Å². The van der Waals surface area contributed by atoms with Crippen LogP contribution in [0.1, 0.15) is 37.5 Å². The van der Waals surface area contributed by atoms with Crippen LogP contribution < -0.4 is 5.32 Å². The zero-order chi connectivity index (χ0) is 25.3. The molecule has 3 aromatic carbocycles. The first kappa shape index (κ1) is 26.8. The minimum atomic E-state index is -0.642. The van der Waals surface area contributed by atoms with E-state index in [1.807, 2.05) is 93.6 Å². The summed E-state index contributed by atoms with van der Waals surface area (Å²) in [6.07, 6.45) is 0.436. The van der Waals surface area contributed by atoms with Gasteiger partial charge in [-0.3, -0.25) is 9.59 Å². The Kier molecular flexibility index (Phi) is 9.82. The lowest BCUT2D eigenvalue weighted by Gasteiger charge is -2.34. The van der Waals surface area contributed by atoms with Crippen molar-refractivity contribution in [3.63, 3.8) is 0 Å². The molecule has 1 N–H and O–H groups in total. The van der Waals surface area contributed by atoms with Crippen molar-refractivity contribution in [2.45, 2.75) is 51.1 Å². The molecule has 3 rings (SSSR count). The molecule has 0 bridgehead atoms. The fourth-order valence-electron chi connectivity index (χ4n) is 3.71. The Morgan fingerprint density at radius 2 is 1.43 bits per heavy atom. The zero-order valence-electron chi connectivity index (χ0n) is 20.5. The smallest absolute Gasteiger partial charge is 0.243 e. The van der Waals surface area contributed by atoms with Gasteiger partial charge in [-0.25, -0.2) is 0 Å². The molecule has 0 radical (unpaired) electrons. The summed E-state index contributed by atoms with van der Waals surface area (Å²) >= 11 is 7.64. The number of amides is 2. The van der Waals surface area contributed by atoms with Crippen molar-refractivity contribution in [2.24, 2.45) is 0 Å². The third-order valence-electron chi connectivity index (χ3n) is 5.37. The number of hydrogen-bond donors (Lipinski definition) is 1. The van der Waals surface area contributed by atoms with Crippen LogP contribution in [0.5, 0.6) is 0 Å². The van der Waals surface area contributed by atoms with Gasteiger partial charge in [-0.1, -0.05) is 84.4 Å². The summed E-state index contributed by atoms with van der Waals surface area (Å²) in [6, 6.07) is 26.7. The van der Waals surface area contributed by atoms with Crippen molar-refractivity contribution in [2.75, 3.05) is 5.75 Å². The van der Waals surface area contributed by atoms with Gasteiger partial charge >= 0.3 is 0 Å². The van der Waals surface area contributed by atoms with Gasteiger partial charge in [0.2, 0.25) is 11.8 Å². The molecule has 35 heavy (non-hydrogen) atoms. The highest BCUT2D eigenvalue weighted by Crippen LogP contribution is 2.20. The predicted molar refractivity (Wildman–Crippen MR) is 146 cm³/mol. The number of thioether (sulfide) groups is 1. The summed E-state index contributed by atoms with van der Waals surface area (Å²) in [5.41, 5.74) is 2.69. The number of hydrogen-bond acceptors (Lipinski definition) is 3. The normalized spacial score (nSPS) is 12.1. The Labute approximate surface area is 218 Å². The summed E-state index contributed by atoms with van der Waals surface area (Å²) in [7, 11) is 0. The van der Waals surface area contributed by atoms with E-state index in [0.29, 0.717) is 18.0 Å². The van der Waals surface area contributed by atoms with Crippen LogP contribution in [0.4, 0.5) is 0 Å². The third-order valence-corrected chi connectivity index (χ3v) is 6.61. The Morgan fingerprint density at radius 1 is 0.857 bits per heavy atom. The number of benzene rings is 3. The van der Waals surface area contributed by atoms with E-state index >= 15 is 0 Å². The summed E-state index contributed by atoms with van der Waals surface area (Å²) in [5.74, 6) is 0.803. The molecule has 0 fully saturated rings. The SMILES string of the molecule is CC(C)(C)NC(=O)[C@@H](Cc1ccccc1)N(Cc1ccc(Cl)cc1)C(=O)CSCc1ccccc1. The van der Waals surface area contributed by atoms with Gasteiger partial charge in [0.25, 0.3) is 0 Å². The van der Waals surface area contributed by atoms with Crippen LogP contribution in [0.3, 0.4) is 0 Å². The van der Waals surface area contributed by atoms with Crippen LogP contribution >= 0.6 is 23.4 Å². The highest BCUT2D eigenvalue weighted by molar-refractivity contribution is 7.99. The molecule has 0 heterocycles.